The first-order valence-corrected chi connectivity index (χ1v) is 10.8. The minimum Gasteiger partial charge on any atom is -0.342 e. The molecule has 3 rings (SSSR count). The number of rotatable bonds is 11. The minimum atomic E-state index is 0.200. The van der Waals surface area contributed by atoms with E-state index in [0.717, 1.165) is 54.8 Å². The van der Waals surface area contributed by atoms with Gasteiger partial charge >= 0.3 is 0 Å². The summed E-state index contributed by atoms with van der Waals surface area (Å²) in [6.07, 6.45) is 16.1. The third kappa shape index (κ3) is 6.24. The number of nitrogens with one attached hydrogen (secondary N) is 1. The van der Waals surface area contributed by atoms with Crippen LogP contribution in [0.1, 0.15) is 62.4 Å². The van der Waals surface area contributed by atoms with Gasteiger partial charge in [-0.15, -0.1) is 0 Å². The van der Waals surface area contributed by atoms with Crippen LogP contribution in [0.2, 0.25) is 0 Å². The highest BCUT2D eigenvalue weighted by Gasteiger charge is 2.11. The molecule has 1 aliphatic heterocycles. The number of carbonyl (C=O) groups excluding carboxylic acids is 1. The average molecular weight is 402 g/mol. The molecule has 1 aromatic heterocycles. The summed E-state index contributed by atoms with van der Waals surface area (Å²) in [5, 5.41) is 0. The van der Waals surface area contributed by atoms with Crippen molar-refractivity contribution < 1.29 is 4.79 Å². The highest BCUT2D eigenvalue weighted by Crippen LogP contribution is 2.22. The fourth-order valence-corrected chi connectivity index (χ4v) is 3.48. The average Bonchev–Trinajstić information content (AvgIpc) is 3.42. The molecule has 0 spiro atoms. The number of aliphatic imine (C=N–C) groups is 1. The Balaban J connectivity index is 1.44. The summed E-state index contributed by atoms with van der Waals surface area (Å²) in [4.78, 5) is 24.1. The van der Waals surface area contributed by atoms with Gasteiger partial charge in [0.1, 0.15) is 5.82 Å². The monoisotopic (exact) mass is 401 g/mol. The third-order valence-electron chi connectivity index (χ3n) is 5.30. The first-order valence-electron chi connectivity index (χ1n) is 10.8. The number of aromatic nitrogens is 2. The molecule has 0 saturated carbocycles. The maximum atomic E-state index is 12.0. The molecule has 0 aliphatic carbocycles. The minimum absolute atomic E-state index is 0.200. The highest BCUT2D eigenvalue weighted by molar-refractivity contribution is 6.40. The first kappa shape index (κ1) is 21.7. The van der Waals surface area contributed by atoms with Gasteiger partial charge in [-0.25, -0.2) is 4.98 Å². The Labute approximate surface area is 179 Å². The van der Waals surface area contributed by atoms with E-state index in [0.29, 0.717) is 18.6 Å². The van der Waals surface area contributed by atoms with E-state index in [1.54, 1.807) is 6.20 Å². The summed E-state index contributed by atoms with van der Waals surface area (Å²) in [6.45, 7) is 8.04. The molecule has 0 bridgehead atoms. The normalized spacial score (nSPS) is 13.2. The number of Topliss-reactive ketones (excluding diaryl/α,β-unsaturated/α-hetero) is 1. The van der Waals surface area contributed by atoms with Crippen LogP contribution in [0.15, 0.2) is 59.9 Å². The van der Waals surface area contributed by atoms with Crippen LogP contribution in [0.4, 0.5) is 0 Å². The molecule has 1 aliphatic rings. The largest absolute Gasteiger partial charge is 0.342 e. The van der Waals surface area contributed by atoms with Crippen molar-refractivity contribution in [2.75, 3.05) is 0 Å². The number of H-pyrrole nitrogens is 1. The SMILES string of the molecule is C=C(C)/C=C\c1cc(-c2cnc(CCCCCCC(=O)C3=NC=CC3)[nH]2)ccc1C. The summed E-state index contributed by atoms with van der Waals surface area (Å²) in [5.41, 5.74) is 6.38. The lowest BCUT2D eigenvalue weighted by Gasteiger charge is -2.04. The van der Waals surface area contributed by atoms with Crippen molar-refractivity contribution >= 4 is 17.6 Å². The van der Waals surface area contributed by atoms with Crippen molar-refractivity contribution in [3.05, 3.63) is 71.9 Å². The number of aryl methyl sites for hydroxylation is 2. The van der Waals surface area contributed by atoms with Gasteiger partial charge in [-0.05, 0) is 43.9 Å². The zero-order valence-electron chi connectivity index (χ0n) is 18.1. The first-order chi connectivity index (χ1) is 14.5. The lowest BCUT2D eigenvalue weighted by Crippen LogP contribution is -2.10. The summed E-state index contributed by atoms with van der Waals surface area (Å²) in [6, 6.07) is 6.46. The van der Waals surface area contributed by atoms with E-state index >= 15 is 0 Å². The van der Waals surface area contributed by atoms with Crippen molar-refractivity contribution in [1.82, 2.24) is 9.97 Å². The predicted molar refractivity (Wildman–Crippen MR) is 126 cm³/mol. The van der Waals surface area contributed by atoms with E-state index in [-0.39, 0.29) is 5.78 Å². The Bertz CT molecular complexity index is 991. The number of benzene rings is 1. The molecule has 0 radical (unpaired) electrons. The number of unbranched alkanes of at least 4 members (excludes halogenated alkanes) is 3. The third-order valence-corrected chi connectivity index (χ3v) is 5.30. The lowest BCUT2D eigenvalue weighted by molar-refractivity contribution is -0.113. The zero-order valence-corrected chi connectivity index (χ0v) is 18.1. The Kier molecular flexibility index (Phi) is 7.72. The predicted octanol–water partition coefficient (Wildman–Crippen LogP) is 6.39. The summed E-state index contributed by atoms with van der Waals surface area (Å²) >= 11 is 0. The van der Waals surface area contributed by atoms with E-state index in [1.807, 2.05) is 25.3 Å². The molecule has 0 unspecified atom stereocenters. The van der Waals surface area contributed by atoms with Crippen LogP contribution >= 0.6 is 0 Å². The summed E-state index contributed by atoms with van der Waals surface area (Å²) < 4.78 is 0. The summed E-state index contributed by atoms with van der Waals surface area (Å²) in [5.74, 6) is 1.22. The van der Waals surface area contributed by atoms with Crippen molar-refractivity contribution in [1.29, 1.82) is 0 Å². The van der Waals surface area contributed by atoms with E-state index in [1.165, 1.54) is 11.1 Å². The van der Waals surface area contributed by atoms with Gasteiger partial charge in [0, 0.05) is 31.0 Å². The smallest absolute Gasteiger partial charge is 0.177 e. The fourth-order valence-electron chi connectivity index (χ4n) is 3.48. The van der Waals surface area contributed by atoms with Crippen LogP contribution < -0.4 is 0 Å². The molecule has 4 heteroatoms. The Morgan fingerprint density at radius 2 is 2.07 bits per heavy atom. The topological polar surface area (TPSA) is 58.1 Å². The van der Waals surface area contributed by atoms with Crippen LogP contribution in [0.5, 0.6) is 0 Å². The van der Waals surface area contributed by atoms with Crippen LogP contribution in [-0.4, -0.2) is 21.5 Å². The van der Waals surface area contributed by atoms with Gasteiger partial charge < -0.3 is 4.98 Å². The van der Waals surface area contributed by atoms with Crippen molar-refractivity contribution in [3.8, 4) is 11.3 Å². The van der Waals surface area contributed by atoms with Gasteiger partial charge in [0.15, 0.2) is 5.78 Å². The molecule has 30 heavy (non-hydrogen) atoms. The van der Waals surface area contributed by atoms with Gasteiger partial charge in [-0.1, -0.05) is 55.4 Å². The molecule has 0 saturated heterocycles. The van der Waals surface area contributed by atoms with Crippen LogP contribution in [0.25, 0.3) is 17.3 Å². The van der Waals surface area contributed by atoms with Crippen molar-refractivity contribution in [3.63, 3.8) is 0 Å². The number of imidazole rings is 1. The molecule has 2 aromatic rings. The van der Waals surface area contributed by atoms with Crippen LogP contribution in [0, 0.1) is 6.92 Å². The second kappa shape index (κ2) is 10.7. The van der Waals surface area contributed by atoms with Crippen LogP contribution in [-0.2, 0) is 11.2 Å². The number of carbonyl (C=O) groups is 1. The standard InChI is InChI=1S/C26H31N3O/c1-19(2)12-14-21-17-22(15-13-20(21)3)24-18-28-26(29-24)11-7-5-4-6-10-25(30)23-9-8-16-27-23/h8,12-18H,1,4-7,9-11H2,2-3H3,(H,28,29)/b14-12-. The van der Waals surface area contributed by atoms with Crippen LogP contribution in [0.3, 0.4) is 0 Å². The number of hydrogen-bond donors (Lipinski definition) is 1. The Morgan fingerprint density at radius 3 is 2.83 bits per heavy atom. The van der Waals surface area contributed by atoms with Crippen molar-refractivity contribution in [2.45, 2.75) is 58.8 Å². The van der Waals surface area contributed by atoms with Gasteiger partial charge in [-0.2, -0.15) is 0 Å². The van der Waals surface area contributed by atoms with Gasteiger partial charge in [0.2, 0.25) is 0 Å². The number of ketones is 1. The zero-order chi connectivity index (χ0) is 21.3. The number of aromatic amines is 1. The molecule has 156 valence electrons. The maximum Gasteiger partial charge on any atom is 0.177 e. The van der Waals surface area contributed by atoms with E-state index < -0.39 is 0 Å². The lowest BCUT2D eigenvalue weighted by atomic mass is 10.0. The number of hydrogen-bond acceptors (Lipinski definition) is 3. The maximum absolute atomic E-state index is 12.0. The molecule has 1 N–H and O–H groups in total. The molecular weight excluding hydrogens is 370 g/mol. The van der Waals surface area contributed by atoms with Gasteiger partial charge in [0.25, 0.3) is 0 Å². The molecule has 0 amide bonds. The number of nitrogens with zero attached hydrogens (tertiary/aromatic N) is 2. The fraction of sp³-hybridized carbons (Fsp3) is 0.346. The second-order valence-electron chi connectivity index (χ2n) is 8.00. The van der Waals surface area contributed by atoms with E-state index in [4.69, 9.17) is 0 Å². The Hall–Kier alpha value is -3.01. The molecule has 0 fully saturated rings. The summed E-state index contributed by atoms with van der Waals surface area (Å²) in [7, 11) is 0. The van der Waals surface area contributed by atoms with Gasteiger partial charge in [-0.3, -0.25) is 9.79 Å². The Morgan fingerprint density at radius 1 is 1.23 bits per heavy atom. The highest BCUT2D eigenvalue weighted by atomic mass is 16.1. The van der Waals surface area contributed by atoms with Crippen molar-refractivity contribution in [2.24, 2.45) is 4.99 Å². The number of allylic oxidation sites excluding steroid dienone is 3. The molecular formula is C26H31N3O. The van der Waals surface area contributed by atoms with Gasteiger partial charge in [0.05, 0.1) is 17.6 Å². The molecule has 2 heterocycles. The second-order valence-corrected chi connectivity index (χ2v) is 8.00. The quantitative estimate of drug-likeness (QED) is 0.350. The van der Waals surface area contributed by atoms with E-state index in [2.05, 4.69) is 52.7 Å². The molecule has 4 nitrogen and oxygen atoms in total. The van der Waals surface area contributed by atoms with E-state index in [9.17, 15) is 4.79 Å². The molecule has 0 atom stereocenters. The molecule has 1 aromatic carbocycles.